The van der Waals surface area contributed by atoms with Gasteiger partial charge in [0.1, 0.15) is 11.5 Å². The Balaban J connectivity index is 1.43. The molecular formula is C25H27N5O3. The van der Waals surface area contributed by atoms with Crippen molar-refractivity contribution in [1.29, 1.82) is 0 Å². The van der Waals surface area contributed by atoms with E-state index in [1.807, 2.05) is 74.0 Å². The van der Waals surface area contributed by atoms with Gasteiger partial charge in [0.15, 0.2) is 12.4 Å². The minimum Gasteiger partial charge on any atom is -0.497 e. The van der Waals surface area contributed by atoms with Crippen LogP contribution in [-0.4, -0.2) is 32.6 Å². The van der Waals surface area contributed by atoms with Gasteiger partial charge in [0.2, 0.25) is 0 Å². The summed E-state index contributed by atoms with van der Waals surface area (Å²) in [5.41, 5.74) is 4.71. The minimum atomic E-state index is -0.295. The smallest absolute Gasteiger partial charge is 0.276 e. The molecule has 0 bridgehead atoms. The van der Waals surface area contributed by atoms with Crippen LogP contribution in [0.25, 0.3) is 0 Å². The van der Waals surface area contributed by atoms with Gasteiger partial charge < -0.3 is 14.8 Å². The Morgan fingerprint density at radius 2 is 1.85 bits per heavy atom. The summed E-state index contributed by atoms with van der Waals surface area (Å²) >= 11 is 0. The van der Waals surface area contributed by atoms with Crippen LogP contribution in [0.2, 0.25) is 0 Å². The number of carbonyl (C=O) groups excluding carboxylic acids is 1. The number of nitrogens with zero attached hydrogens (tertiary/aromatic N) is 4. The number of hydrogen-bond donors (Lipinski definition) is 1. The predicted octanol–water partition coefficient (Wildman–Crippen LogP) is 4.35. The highest BCUT2D eigenvalue weighted by Gasteiger charge is 2.17. The first-order chi connectivity index (χ1) is 15.9. The monoisotopic (exact) mass is 445 g/mol. The normalized spacial score (nSPS) is 10.8. The number of methoxy groups -OCH3 is 1. The highest BCUT2D eigenvalue weighted by Crippen LogP contribution is 2.22. The van der Waals surface area contributed by atoms with Crippen LogP contribution < -0.4 is 14.8 Å². The molecule has 0 atom stereocenters. The second kappa shape index (κ2) is 9.60. The molecule has 0 aliphatic carbocycles. The van der Waals surface area contributed by atoms with Crippen LogP contribution in [0.5, 0.6) is 11.5 Å². The summed E-state index contributed by atoms with van der Waals surface area (Å²) in [7, 11) is 1.65. The van der Waals surface area contributed by atoms with Crippen molar-refractivity contribution in [3.8, 4) is 11.5 Å². The van der Waals surface area contributed by atoms with E-state index in [1.165, 1.54) is 0 Å². The number of hydrogen-bond acceptors (Lipinski definition) is 5. The number of benzene rings is 2. The first kappa shape index (κ1) is 22.1. The van der Waals surface area contributed by atoms with Crippen molar-refractivity contribution in [2.75, 3.05) is 12.4 Å². The molecule has 2 aromatic heterocycles. The molecule has 0 aliphatic rings. The third-order valence-electron chi connectivity index (χ3n) is 5.41. The van der Waals surface area contributed by atoms with Gasteiger partial charge in [-0.3, -0.25) is 9.48 Å². The Kier molecular flexibility index (Phi) is 6.44. The van der Waals surface area contributed by atoms with Gasteiger partial charge in [0.05, 0.1) is 30.7 Å². The van der Waals surface area contributed by atoms with E-state index in [1.54, 1.807) is 24.1 Å². The van der Waals surface area contributed by atoms with Crippen molar-refractivity contribution >= 4 is 11.6 Å². The van der Waals surface area contributed by atoms with Crippen LogP contribution in [0.4, 0.5) is 5.69 Å². The Labute approximate surface area is 192 Å². The summed E-state index contributed by atoms with van der Waals surface area (Å²) < 4.78 is 14.6. The van der Waals surface area contributed by atoms with Crippen LogP contribution in [-0.2, 0) is 13.3 Å². The maximum Gasteiger partial charge on any atom is 0.276 e. The Hall–Kier alpha value is -4.07. The zero-order chi connectivity index (χ0) is 23.4. The van der Waals surface area contributed by atoms with E-state index >= 15 is 0 Å². The SMILES string of the molecule is COc1cccc(Cn2nc(C)c(NC(=O)c3ccn(COc4ccccc4C)n3)c2C)c1. The van der Waals surface area contributed by atoms with Gasteiger partial charge in [-0.05, 0) is 56.2 Å². The zero-order valence-corrected chi connectivity index (χ0v) is 19.2. The topological polar surface area (TPSA) is 83.2 Å². The fourth-order valence-electron chi connectivity index (χ4n) is 3.56. The van der Waals surface area contributed by atoms with E-state index in [0.29, 0.717) is 17.9 Å². The van der Waals surface area contributed by atoms with Gasteiger partial charge in [0.25, 0.3) is 5.91 Å². The lowest BCUT2D eigenvalue weighted by Gasteiger charge is -2.09. The number of aromatic nitrogens is 4. The Morgan fingerprint density at radius 1 is 1.03 bits per heavy atom. The largest absolute Gasteiger partial charge is 0.497 e. The number of ether oxygens (including phenoxy) is 2. The number of para-hydroxylation sites is 1. The standard InChI is InChI=1S/C25H27N5O3/c1-17-8-5-6-11-23(17)33-16-29-13-12-22(28-29)25(31)26-24-18(2)27-30(19(24)3)15-20-9-7-10-21(14-20)32-4/h5-14H,15-16H2,1-4H3,(H,26,31). The Bertz CT molecular complexity index is 1270. The van der Waals surface area contributed by atoms with Crippen LogP contribution in [0, 0.1) is 20.8 Å². The van der Waals surface area contributed by atoms with E-state index in [2.05, 4.69) is 15.5 Å². The summed E-state index contributed by atoms with van der Waals surface area (Å²) in [4.78, 5) is 12.8. The van der Waals surface area contributed by atoms with Gasteiger partial charge in [-0.2, -0.15) is 10.2 Å². The molecule has 2 aromatic carbocycles. The van der Waals surface area contributed by atoms with Crippen LogP contribution in [0.3, 0.4) is 0 Å². The maximum absolute atomic E-state index is 12.8. The molecule has 33 heavy (non-hydrogen) atoms. The van der Waals surface area contributed by atoms with Crippen LogP contribution >= 0.6 is 0 Å². The van der Waals surface area contributed by atoms with Crippen molar-refractivity contribution in [2.24, 2.45) is 0 Å². The molecule has 0 spiro atoms. The molecule has 8 nitrogen and oxygen atoms in total. The van der Waals surface area contributed by atoms with E-state index in [0.717, 1.165) is 34.0 Å². The highest BCUT2D eigenvalue weighted by atomic mass is 16.5. The number of amides is 1. The molecule has 4 rings (SSSR count). The fourth-order valence-corrected chi connectivity index (χ4v) is 3.56. The zero-order valence-electron chi connectivity index (χ0n) is 19.2. The number of carbonyl (C=O) groups is 1. The lowest BCUT2D eigenvalue weighted by molar-refractivity contribution is 0.102. The molecule has 170 valence electrons. The van der Waals surface area contributed by atoms with Gasteiger partial charge >= 0.3 is 0 Å². The summed E-state index contributed by atoms with van der Waals surface area (Å²) in [6.45, 7) is 6.58. The lowest BCUT2D eigenvalue weighted by Crippen LogP contribution is -2.15. The molecule has 0 fully saturated rings. The summed E-state index contributed by atoms with van der Waals surface area (Å²) in [5, 5.41) is 11.9. The van der Waals surface area contributed by atoms with Crippen LogP contribution in [0.1, 0.15) is 33.0 Å². The first-order valence-corrected chi connectivity index (χ1v) is 10.6. The van der Waals surface area contributed by atoms with E-state index < -0.39 is 0 Å². The van der Waals surface area contributed by atoms with Crippen molar-refractivity contribution in [2.45, 2.75) is 34.0 Å². The average Bonchev–Trinajstić information content (AvgIpc) is 3.39. The maximum atomic E-state index is 12.8. The third kappa shape index (κ3) is 5.06. The summed E-state index contributed by atoms with van der Waals surface area (Å²) in [5.74, 6) is 1.29. The van der Waals surface area contributed by atoms with E-state index in [-0.39, 0.29) is 12.6 Å². The number of anilines is 1. The fraction of sp³-hybridized carbons (Fsp3) is 0.240. The van der Waals surface area contributed by atoms with Gasteiger partial charge in [-0.1, -0.05) is 30.3 Å². The van der Waals surface area contributed by atoms with Crippen LogP contribution in [0.15, 0.2) is 60.8 Å². The van der Waals surface area contributed by atoms with Gasteiger partial charge in [0, 0.05) is 6.20 Å². The lowest BCUT2D eigenvalue weighted by atomic mass is 10.2. The second-order valence-corrected chi connectivity index (χ2v) is 7.79. The van der Waals surface area contributed by atoms with Gasteiger partial charge in [-0.25, -0.2) is 4.68 Å². The minimum absolute atomic E-state index is 0.217. The molecule has 1 N–H and O–H groups in total. The molecular weight excluding hydrogens is 418 g/mol. The molecule has 1 amide bonds. The molecule has 0 radical (unpaired) electrons. The average molecular weight is 446 g/mol. The molecule has 0 saturated heterocycles. The summed E-state index contributed by atoms with van der Waals surface area (Å²) in [6, 6.07) is 17.3. The predicted molar refractivity (Wildman–Crippen MR) is 126 cm³/mol. The quantitative estimate of drug-likeness (QED) is 0.436. The second-order valence-electron chi connectivity index (χ2n) is 7.79. The van der Waals surface area contributed by atoms with Gasteiger partial charge in [-0.15, -0.1) is 0 Å². The number of aryl methyl sites for hydroxylation is 2. The molecule has 0 unspecified atom stereocenters. The molecule has 0 saturated carbocycles. The van der Waals surface area contributed by atoms with Crippen molar-refractivity contribution < 1.29 is 14.3 Å². The van der Waals surface area contributed by atoms with E-state index in [4.69, 9.17) is 9.47 Å². The molecule has 8 heteroatoms. The third-order valence-corrected chi connectivity index (χ3v) is 5.41. The van der Waals surface area contributed by atoms with Crippen molar-refractivity contribution in [3.05, 3.63) is 89.0 Å². The molecule has 0 aliphatic heterocycles. The molecule has 2 heterocycles. The number of rotatable bonds is 8. The first-order valence-electron chi connectivity index (χ1n) is 10.6. The highest BCUT2D eigenvalue weighted by molar-refractivity contribution is 6.03. The van der Waals surface area contributed by atoms with Crippen molar-refractivity contribution in [1.82, 2.24) is 19.6 Å². The van der Waals surface area contributed by atoms with Crippen molar-refractivity contribution in [3.63, 3.8) is 0 Å². The number of nitrogens with one attached hydrogen (secondary N) is 1. The van der Waals surface area contributed by atoms with E-state index in [9.17, 15) is 4.79 Å². The summed E-state index contributed by atoms with van der Waals surface area (Å²) in [6.07, 6.45) is 1.72. The Morgan fingerprint density at radius 3 is 2.64 bits per heavy atom. The molecule has 4 aromatic rings.